The number of carboxylic acids is 1. The van der Waals surface area contributed by atoms with Crippen LogP contribution >= 0.6 is 11.6 Å². The molecule has 2 aromatic rings. The van der Waals surface area contributed by atoms with Crippen LogP contribution in [0.2, 0.25) is 5.02 Å². The van der Waals surface area contributed by atoms with Crippen LogP contribution in [0.4, 0.5) is 0 Å². The second-order valence-corrected chi connectivity index (χ2v) is 6.21. The van der Waals surface area contributed by atoms with E-state index in [1.54, 1.807) is 10.8 Å². The molecule has 0 fully saturated rings. The van der Waals surface area contributed by atoms with Crippen LogP contribution in [0.15, 0.2) is 6.20 Å². The second kappa shape index (κ2) is 8.54. The predicted octanol–water partition coefficient (Wildman–Crippen LogP) is 2.66. The first-order chi connectivity index (χ1) is 12.4. The van der Waals surface area contributed by atoms with E-state index in [0.29, 0.717) is 12.1 Å². The van der Waals surface area contributed by atoms with Crippen molar-refractivity contribution < 1.29 is 19.8 Å². The zero-order chi connectivity index (χ0) is 19.3. The Morgan fingerprint density at radius 1 is 1.38 bits per heavy atom. The SMILES string of the molecule is CCCCCCn1cc(Cl)c2c(O)c(C(=O)NCC(=O)O)nc(C#N)c21. The topological polar surface area (TPSA) is 128 Å². The van der Waals surface area contributed by atoms with Crippen LogP contribution in [-0.4, -0.2) is 38.2 Å². The van der Waals surface area contributed by atoms with Gasteiger partial charge < -0.3 is 20.1 Å². The van der Waals surface area contributed by atoms with E-state index in [2.05, 4.69) is 17.2 Å². The first kappa shape index (κ1) is 19.5. The number of carbonyl (C=O) groups is 2. The Morgan fingerprint density at radius 3 is 2.73 bits per heavy atom. The summed E-state index contributed by atoms with van der Waals surface area (Å²) in [6, 6.07) is 1.91. The molecule has 0 spiro atoms. The average Bonchev–Trinajstić information content (AvgIpc) is 2.94. The number of aromatic hydroxyl groups is 1. The highest BCUT2D eigenvalue weighted by Crippen LogP contribution is 2.36. The fraction of sp³-hybridized carbons (Fsp3) is 0.412. The molecule has 0 radical (unpaired) electrons. The van der Waals surface area contributed by atoms with Gasteiger partial charge in [0.05, 0.1) is 15.9 Å². The molecule has 0 saturated carbocycles. The number of nitrogens with zero attached hydrogens (tertiary/aromatic N) is 3. The molecule has 0 aliphatic heterocycles. The molecule has 8 nitrogen and oxygen atoms in total. The van der Waals surface area contributed by atoms with E-state index >= 15 is 0 Å². The van der Waals surface area contributed by atoms with Gasteiger partial charge in [-0.05, 0) is 6.42 Å². The highest BCUT2D eigenvalue weighted by atomic mass is 35.5. The first-order valence-corrected chi connectivity index (χ1v) is 8.59. The van der Waals surface area contributed by atoms with Crippen molar-refractivity contribution in [1.82, 2.24) is 14.9 Å². The van der Waals surface area contributed by atoms with Crippen molar-refractivity contribution in [3.8, 4) is 11.8 Å². The lowest BCUT2D eigenvalue weighted by atomic mass is 10.1. The van der Waals surface area contributed by atoms with Crippen LogP contribution in [0, 0.1) is 11.3 Å². The molecule has 3 N–H and O–H groups in total. The van der Waals surface area contributed by atoms with E-state index in [1.165, 1.54) is 0 Å². The van der Waals surface area contributed by atoms with Gasteiger partial charge in [-0.2, -0.15) is 5.26 Å². The summed E-state index contributed by atoms with van der Waals surface area (Å²) in [6.07, 6.45) is 5.67. The van der Waals surface area contributed by atoms with Gasteiger partial charge in [0.2, 0.25) is 0 Å². The standard InChI is InChI=1S/C17H19ClN4O4/c1-2-3-4-5-6-22-9-10(18)13-15(22)11(7-19)21-14(16(13)25)17(26)20-8-12(23)24/h9,25H,2-6,8H2,1H3,(H,20,26)(H,23,24). The van der Waals surface area contributed by atoms with Crippen molar-refractivity contribution in [2.75, 3.05) is 6.54 Å². The van der Waals surface area contributed by atoms with Crippen LogP contribution in [-0.2, 0) is 11.3 Å². The maximum atomic E-state index is 12.1. The Labute approximate surface area is 155 Å². The van der Waals surface area contributed by atoms with Crippen molar-refractivity contribution in [2.24, 2.45) is 0 Å². The van der Waals surface area contributed by atoms with Crippen LogP contribution < -0.4 is 5.32 Å². The van der Waals surface area contributed by atoms with Crippen molar-refractivity contribution in [3.05, 3.63) is 22.6 Å². The Hall–Kier alpha value is -2.79. The van der Waals surface area contributed by atoms with E-state index in [0.717, 1.165) is 25.7 Å². The molecule has 0 aliphatic rings. The van der Waals surface area contributed by atoms with Gasteiger partial charge in [-0.15, -0.1) is 0 Å². The van der Waals surface area contributed by atoms with Gasteiger partial charge >= 0.3 is 5.97 Å². The second-order valence-electron chi connectivity index (χ2n) is 5.80. The number of aryl methyl sites for hydroxylation is 1. The number of rotatable bonds is 8. The maximum absolute atomic E-state index is 12.1. The lowest BCUT2D eigenvalue weighted by Gasteiger charge is -2.09. The predicted molar refractivity (Wildman–Crippen MR) is 95.2 cm³/mol. The minimum atomic E-state index is -1.24. The smallest absolute Gasteiger partial charge is 0.322 e. The highest BCUT2D eigenvalue weighted by Gasteiger charge is 2.24. The van der Waals surface area contributed by atoms with Crippen molar-refractivity contribution in [2.45, 2.75) is 39.2 Å². The number of aliphatic carboxylic acids is 1. The van der Waals surface area contributed by atoms with Gasteiger partial charge in [0.1, 0.15) is 12.6 Å². The Morgan fingerprint density at radius 2 is 2.12 bits per heavy atom. The van der Waals surface area contributed by atoms with Crippen LogP contribution in [0.1, 0.15) is 48.8 Å². The minimum absolute atomic E-state index is 0.0549. The van der Waals surface area contributed by atoms with Gasteiger partial charge in [0.15, 0.2) is 17.1 Å². The first-order valence-electron chi connectivity index (χ1n) is 8.22. The number of pyridine rings is 1. The number of unbranched alkanes of at least 4 members (excludes halogenated alkanes) is 3. The molecule has 0 unspecified atom stereocenters. The Balaban J connectivity index is 2.46. The quantitative estimate of drug-likeness (QED) is 0.606. The van der Waals surface area contributed by atoms with Crippen molar-refractivity contribution >= 4 is 34.4 Å². The van der Waals surface area contributed by atoms with Gasteiger partial charge in [0.25, 0.3) is 5.91 Å². The van der Waals surface area contributed by atoms with E-state index in [4.69, 9.17) is 16.7 Å². The summed E-state index contributed by atoms with van der Waals surface area (Å²) in [7, 11) is 0. The largest absolute Gasteiger partial charge is 0.505 e. The van der Waals surface area contributed by atoms with Gasteiger partial charge in [-0.1, -0.05) is 37.8 Å². The summed E-state index contributed by atoms with van der Waals surface area (Å²) in [5, 5.41) is 31.0. The van der Waals surface area contributed by atoms with Crippen LogP contribution in [0.3, 0.4) is 0 Å². The molecular weight excluding hydrogens is 360 g/mol. The average molecular weight is 379 g/mol. The van der Waals surface area contributed by atoms with Crippen LogP contribution in [0.5, 0.6) is 5.75 Å². The molecule has 26 heavy (non-hydrogen) atoms. The lowest BCUT2D eigenvalue weighted by molar-refractivity contribution is -0.135. The number of halogens is 1. The van der Waals surface area contributed by atoms with E-state index in [-0.39, 0.29) is 16.1 Å². The molecule has 0 aliphatic carbocycles. The zero-order valence-electron chi connectivity index (χ0n) is 14.3. The van der Waals surface area contributed by atoms with E-state index in [1.807, 2.05) is 6.07 Å². The number of nitrogens with one attached hydrogen (secondary N) is 1. The fourth-order valence-corrected chi connectivity index (χ4v) is 3.00. The number of carbonyl (C=O) groups excluding carboxylic acids is 1. The third-order valence-corrected chi connectivity index (χ3v) is 4.20. The van der Waals surface area contributed by atoms with Crippen molar-refractivity contribution in [3.63, 3.8) is 0 Å². The molecule has 0 bridgehead atoms. The third-order valence-electron chi connectivity index (χ3n) is 3.91. The number of amides is 1. The number of hydrogen-bond acceptors (Lipinski definition) is 5. The summed E-state index contributed by atoms with van der Waals surface area (Å²) in [5.74, 6) is -2.61. The number of carboxylic acid groups (broad SMARTS) is 1. The molecule has 2 heterocycles. The summed E-state index contributed by atoms with van der Waals surface area (Å²) < 4.78 is 1.75. The normalized spacial score (nSPS) is 10.7. The molecule has 1 amide bonds. The Bertz CT molecular complexity index is 885. The molecule has 2 aromatic heterocycles. The monoisotopic (exact) mass is 378 g/mol. The molecule has 0 saturated heterocycles. The number of aromatic nitrogens is 2. The van der Waals surface area contributed by atoms with Crippen molar-refractivity contribution in [1.29, 1.82) is 5.26 Å². The van der Waals surface area contributed by atoms with Gasteiger partial charge in [0, 0.05) is 12.7 Å². The number of nitriles is 1. The maximum Gasteiger partial charge on any atom is 0.322 e. The highest BCUT2D eigenvalue weighted by molar-refractivity contribution is 6.36. The zero-order valence-corrected chi connectivity index (χ0v) is 15.0. The molecule has 0 atom stereocenters. The summed E-state index contributed by atoms with van der Waals surface area (Å²) in [5.41, 5.74) is -0.122. The van der Waals surface area contributed by atoms with Gasteiger partial charge in [-0.3, -0.25) is 9.59 Å². The van der Waals surface area contributed by atoms with Crippen LogP contribution in [0.25, 0.3) is 10.9 Å². The molecule has 9 heteroatoms. The number of hydrogen-bond donors (Lipinski definition) is 3. The fourth-order valence-electron chi connectivity index (χ4n) is 2.70. The molecule has 2 rings (SSSR count). The summed E-state index contributed by atoms with van der Waals surface area (Å²) >= 11 is 6.21. The van der Waals surface area contributed by atoms with Gasteiger partial charge in [-0.25, -0.2) is 4.98 Å². The van der Waals surface area contributed by atoms with E-state index < -0.39 is 29.9 Å². The number of fused-ring (bicyclic) bond motifs is 1. The molecule has 0 aromatic carbocycles. The van der Waals surface area contributed by atoms with E-state index in [9.17, 15) is 20.0 Å². The lowest BCUT2D eigenvalue weighted by Crippen LogP contribution is -2.30. The third kappa shape index (κ3) is 4.06. The molecular formula is C17H19ClN4O4. The molecule has 138 valence electrons. The summed E-state index contributed by atoms with van der Waals surface area (Å²) in [4.78, 5) is 26.6. The Kier molecular flexibility index (Phi) is 6.41. The minimum Gasteiger partial charge on any atom is -0.505 e. The summed E-state index contributed by atoms with van der Waals surface area (Å²) in [6.45, 7) is 2.07.